The third kappa shape index (κ3) is 1.54. The van der Waals surface area contributed by atoms with E-state index in [0.29, 0.717) is 16.5 Å². The van der Waals surface area contributed by atoms with Crippen LogP contribution in [0.25, 0.3) is 0 Å². The zero-order chi connectivity index (χ0) is 10.3. The molecule has 1 N–H and O–H groups in total. The minimum Gasteiger partial charge on any atom is -0.481 e. The molecule has 1 saturated carbocycles. The third-order valence-corrected chi connectivity index (χ3v) is 3.17. The summed E-state index contributed by atoms with van der Waals surface area (Å²) in [7, 11) is 0. The predicted octanol–water partition coefficient (Wildman–Crippen LogP) is 2.78. The van der Waals surface area contributed by atoms with Gasteiger partial charge in [-0.05, 0) is 18.6 Å². The Morgan fingerprint density at radius 3 is 2.79 bits per heavy atom. The van der Waals surface area contributed by atoms with Crippen LogP contribution in [0.4, 0.5) is 4.39 Å². The van der Waals surface area contributed by atoms with Crippen LogP contribution in [-0.4, -0.2) is 11.1 Å². The summed E-state index contributed by atoms with van der Waals surface area (Å²) in [5.41, 5.74) is 0.500. The van der Waals surface area contributed by atoms with Gasteiger partial charge in [0.1, 0.15) is 5.82 Å². The molecule has 2 nitrogen and oxygen atoms in total. The van der Waals surface area contributed by atoms with Gasteiger partial charge < -0.3 is 5.11 Å². The first-order valence-corrected chi connectivity index (χ1v) is 5.07. The van der Waals surface area contributed by atoms with Gasteiger partial charge in [-0.1, -0.05) is 22.0 Å². The second-order valence-corrected chi connectivity index (χ2v) is 4.28. The number of carboxylic acid groups (broad SMARTS) is 1. The Kier molecular flexibility index (Phi) is 2.31. The van der Waals surface area contributed by atoms with Crippen LogP contribution in [0.2, 0.25) is 0 Å². The van der Waals surface area contributed by atoms with E-state index < -0.39 is 11.9 Å². The molecule has 0 aromatic heterocycles. The molecule has 4 heteroatoms. The van der Waals surface area contributed by atoms with Crippen molar-refractivity contribution in [2.75, 3.05) is 0 Å². The molecule has 1 aromatic rings. The Bertz CT molecular complexity index is 371. The molecular formula is C10H8BrFO2. The molecule has 0 aliphatic heterocycles. The lowest BCUT2D eigenvalue weighted by Crippen LogP contribution is -2.00. The molecule has 0 heterocycles. The van der Waals surface area contributed by atoms with Gasteiger partial charge in [0.2, 0.25) is 0 Å². The normalized spacial score (nSPS) is 24.7. The predicted molar refractivity (Wildman–Crippen MR) is 52.6 cm³/mol. The molecule has 1 aliphatic rings. The molecule has 1 aliphatic carbocycles. The Balaban J connectivity index is 2.31. The number of hydrogen-bond donors (Lipinski definition) is 1. The van der Waals surface area contributed by atoms with Crippen LogP contribution < -0.4 is 0 Å². The van der Waals surface area contributed by atoms with Crippen molar-refractivity contribution in [1.82, 2.24) is 0 Å². The van der Waals surface area contributed by atoms with Gasteiger partial charge in [-0.25, -0.2) is 4.39 Å². The van der Waals surface area contributed by atoms with Crippen molar-refractivity contribution in [3.05, 3.63) is 34.1 Å². The van der Waals surface area contributed by atoms with E-state index in [2.05, 4.69) is 15.9 Å². The van der Waals surface area contributed by atoms with Gasteiger partial charge in [-0.3, -0.25) is 4.79 Å². The summed E-state index contributed by atoms with van der Waals surface area (Å²) >= 11 is 3.23. The molecule has 2 rings (SSSR count). The summed E-state index contributed by atoms with van der Waals surface area (Å²) in [5, 5.41) is 8.73. The van der Waals surface area contributed by atoms with Crippen LogP contribution in [-0.2, 0) is 4.79 Å². The highest BCUT2D eigenvalue weighted by Crippen LogP contribution is 2.50. The standard InChI is InChI=1S/C10H8BrFO2/c11-7-2-1-3-8(12)9(7)5-4-6(5)10(13)14/h1-3,5-6H,4H2,(H,13,14). The van der Waals surface area contributed by atoms with Gasteiger partial charge in [-0.15, -0.1) is 0 Å². The second-order valence-electron chi connectivity index (χ2n) is 3.42. The smallest absolute Gasteiger partial charge is 0.307 e. The largest absolute Gasteiger partial charge is 0.481 e. The number of aliphatic carboxylic acids is 1. The van der Waals surface area contributed by atoms with E-state index in [4.69, 9.17) is 5.11 Å². The topological polar surface area (TPSA) is 37.3 Å². The van der Waals surface area contributed by atoms with E-state index in [1.54, 1.807) is 12.1 Å². The fraction of sp³-hybridized carbons (Fsp3) is 0.300. The molecule has 2 atom stereocenters. The van der Waals surface area contributed by atoms with E-state index in [9.17, 15) is 9.18 Å². The van der Waals surface area contributed by atoms with Crippen molar-refractivity contribution in [3.63, 3.8) is 0 Å². The van der Waals surface area contributed by atoms with Crippen LogP contribution in [0.5, 0.6) is 0 Å². The van der Waals surface area contributed by atoms with Gasteiger partial charge in [-0.2, -0.15) is 0 Å². The molecule has 2 unspecified atom stereocenters. The van der Waals surface area contributed by atoms with E-state index in [-0.39, 0.29) is 11.7 Å². The van der Waals surface area contributed by atoms with Gasteiger partial charge in [0, 0.05) is 16.0 Å². The summed E-state index contributed by atoms with van der Waals surface area (Å²) in [4.78, 5) is 10.6. The van der Waals surface area contributed by atoms with Gasteiger partial charge in [0.25, 0.3) is 0 Å². The maximum atomic E-state index is 13.4. The van der Waals surface area contributed by atoms with Crippen molar-refractivity contribution >= 4 is 21.9 Å². The summed E-state index contributed by atoms with van der Waals surface area (Å²) in [6.45, 7) is 0. The van der Waals surface area contributed by atoms with Crippen LogP contribution in [0.3, 0.4) is 0 Å². The molecule has 0 bridgehead atoms. The molecule has 14 heavy (non-hydrogen) atoms. The first kappa shape index (κ1) is 9.65. The molecule has 0 radical (unpaired) electrons. The van der Waals surface area contributed by atoms with E-state index >= 15 is 0 Å². The summed E-state index contributed by atoms with van der Waals surface area (Å²) in [6, 6.07) is 4.69. The zero-order valence-corrected chi connectivity index (χ0v) is 8.79. The first-order valence-electron chi connectivity index (χ1n) is 4.28. The van der Waals surface area contributed by atoms with Crippen molar-refractivity contribution in [3.8, 4) is 0 Å². The quantitative estimate of drug-likeness (QED) is 0.886. The molecule has 0 saturated heterocycles. The van der Waals surface area contributed by atoms with Crippen molar-refractivity contribution in [2.24, 2.45) is 5.92 Å². The van der Waals surface area contributed by atoms with E-state index in [1.165, 1.54) is 6.07 Å². The SMILES string of the molecule is O=C(O)C1CC1c1c(F)cccc1Br. The van der Waals surface area contributed by atoms with Crippen molar-refractivity contribution in [1.29, 1.82) is 0 Å². The highest BCUT2D eigenvalue weighted by Gasteiger charge is 2.46. The molecule has 1 fully saturated rings. The first-order chi connectivity index (χ1) is 6.61. The number of rotatable bonds is 2. The average molecular weight is 259 g/mol. The van der Waals surface area contributed by atoms with Gasteiger partial charge in [0.15, 0.2) is 0 Å². The van der Waals surface area contributed by atoms with Crippen LogP contribution in [0.1, 0.15) is 17.9 Å². The number of benzene rings is 1. The lowest BCUT2D eigenvalue weighted by molar-refractivity contribution is -0.138. The van der Waals surface area contributed by atoms with Crippen molar-refractivity contribution < 1.29 is 14.3 Å². The fourth-order valence-corrected chi connectivity index (χ4v) is 2.29. The van der Waals surface area contributed by atoms with Crippen molar-refractivity contribution in [2.45, 2.75) is 12.3 Å². The molecule has 0 spiro atoms. The summed E-state index contributed by atoms with van der Waals surface area (Å²) in [6.07, 6.45) is 0.537. The maximum absolute atomic E-state index is 13.4. The second kappa shape index (κ2) is 3.35. The fourth-order valence-electron chi connectivity index (χ4n) is 1.65. The van der Waals surface area contributed by atoms with Crippen LogP contribution in [0, 0.1) is 11.7 Å². The third-order valence-electron chi connectivity index (χ3n) is 2.48. The number of hydrogen-bond acceptors (Lipinski definition) is 1. The van der Waals surface area contributed by atoms with Gasteiger partial charge >= 0.3 is 5.97 Å². The summed E-state index contributed by atoms with van der Waals surface area (Å²) < 4.78 is 14.0. The molecule has 74 valence electrons. The minimum atomic E-state index is -0.842. The number of halogens is 2. The van der Waals surface area contributed by atoms with E-state index in [1.807, 2.05) is 0 Å². The molecule has 0 amide bonds. The molecular weight excluding hydrogens is 251 g/mol. The average Bonchev–Trinajstić information content (AvgIpc) is 2.83. The Morgan fingerprint density at radius 1 is 1.57 bits per heavy atom. The summed E-state index contributed by atoms with van der Waals surface area (Å²) in [5.74, 6) is -1.75. The maximum Gasteiger partial charge on any atom is 0.307 e. The van der Waals surface area contributed by atoms with Gasteiger partial charge in [0.05, 0.1) is 5.92 Å². The highest BCUT2D eigenvalue weighted by molar-refractivity contribution is 9.10. The molecule has 1 aromatic carbocycles. The Labute approximate surface area is 88.9 Å². The zero-order valence-electron chi connectivity index (χ0n) is 7.21. The van der Waals surface area contributed by atoms with Crippen LogP contribution in [0.15, 0.2) is 22.7 Å². The monoisotopic (exact) mass is 258 g/mol. The Morgan fingerprint density at radius 2 is 2.29 bits per heavy atom. The Hall–Kier alpha value is -0.900. The lowest BCUT2D eigenvalue weighted by atomic mass is 10.1. The lowest BCUT2D eigenvalue weighted by Gasteiger charge is -2.03. The minimum absolute atomic E-state index is 0.164. The van der Waals surface area contributed by atoms with Crippen LogP contribution >= 0.6 is 15.9 Å². The number of carbonyl (C=O) groups is 1. The van der Waals surface area contributed by atoms with E-state index in [0.717, 1.165) is 0 Å². The highest BCUT2D eigenvalue weighted by atomic mass is 79.9. The number of carboxylic acids is 1.